The van der Waals surface area contributed by atoms with Crippen molar-refractivity contribution in [1.29, 1.82) is 0 Å². The van der Waals surface area contributed by atoms with Gasteiger partial charge in [0.2, 0.25) is 0 Å². The molecule has 1 aromatic heterocycles. The molecule has 0 radical (unpaired) electrons. The number of nitrogens with zero attached hydrogens (tertiary/aromatic N) is 1. The fourth-order valence-electron chi connectivity index (χ4n) is 3.42. The quantitative estimate of drug-likeness (QED) is 0.330. The maximum atomic E-state index is 6.54. The molecule has 0 spiro atoms. The number of halogens is 2. The number of fused-ring (bicyclic) bond motifs is 2. The van der Waals surface area contributed by atoms with Gasteiger partial charge >= 0.3 is 0 Å². The van der Waals surface area contributed by atoms with Crippen molar-refractivity contribution in [2.75, 3.05) is 0 Å². The van der Waals surface area contributed by atoms with Gasteiger partial charge in [-0.1, -0.05) is 74.3 Å². The summed E-state index contributed by atoms with van der Waals surface area (Å²) in [5, 5.41) is 4.54. The van der Waals surface area contributed by atoms with Crippen LogP contribution in [0.25, 0.3) is 32.9 Å². The fourth-order valence-corrected chi connectivity index (χ4v) is 4.05. The zero-order valence-electron chi connectivity index (χ0n) is 15.0. The maximum absolute atomic E-state index is 6.54. The second-order valence-corrected chi connectivity index (χ2v) is 8.43. The molecule has 4 aromatic rings. The Morgan fingerprint density at radius 2 is 1.58 bits per heavy atom. The zero-order chi connectivity index (χ0) is 18.5. The van der Waals surface area contributed by atoms with Crippen LogP contribution in [0.15, 0.2) is 60.7 Å². The normalized spacial score (nSPS) is 12.0. The van der Waals surface area contributed by atoms with Crippen LogP contribution in [0.2, 0.25) is 10.0 Å². The Kier molecular flexibility index (Phi) is 4.17. The molecule has 0 aliphatic rings. The van der Waals surface area contributed by atoms with Crippen LogP contribution < -0.4 is 0 Å². The standard InChI is InChI=1S/C23H19Cl2N/c1-23(2,3)17-12-15(11-14-7-4-5-8-16(14)17)21-13-19(25)22-18(24)9-6-10-20(22)26-21/h4-13H,1-3H3. The molecule has 0 atom stereocenters. The van der Waals surface area contributed by atoms with Gasteiger partial charge in [0.25, 0.3) is 0 Å². The van der Waals surface area contributed by atoms with E-state index in [0.29, 0.717) is 10.0 Å². The second-order valence-electron chi connectivity index (χ2n) is 7.62. The van der Waals surface area contributed by atoms with Crippen molar-refractivity contribution in [2.45, 2.75) is 26.2 Å². The Labute approximate surface area is 163 Å². The monoisotopic (exact) mass is 379 g/mol. The largest absolute Gasteiger partial charge is 0.248 e. The summed E-state index contributed by atoms with van der Waals surface area (Å²) in [5.74, 6) is 0. The van der Waals surface area contributed by atoms with Gasteiger partial charge in [-0.05, 0) is 52.1 Å². The Morgan fingerprint density at radius 3 is 2.35 bits per heavy atom. The number of pyridine rings is 1. The van der Waals surface area contributed by atoms with E-state index in [4.69, 9.17) is 28.2 Å². The molecule has 0 saturated heterocycles. The van der Waals surface area contributed by atoms with E-state index in [9.17, 15) is 0 Å². The van der Waals surface area contributed by atoms with Crippen LogP contribution in [0.3, 0.4) is 0 Å². The minimum absolute atomic E-state index is 0.0273. The van der Waals surface area contributed by atoms with Gasteiger partial charge in [-0.2, -0.15) is 0 Å². The Bertz CT molecular complexity index is 1140. The number of benzene rings is 3. The Balaban J connectivity index is 2.02. The van der Waals surface area contributed by atoms with Gasteiger partial charge < -0.3 is 0 Å². The van der Waals surface area contributed by atoms with E-state index in [-0.39, 0.29) is 5.41 Å². The summed E-state index contributed by atoms with van der Waals surface area (Å²) in [6.45, 7) is 6.71. The van der Waals surface area contributed by atoms with Crippen LogP contribution in [-0.4, -0.2) is 4.98 Å². The smallest absolute Gasteiger partial charge is 0.0739 e. The lowest BCUT2D eigenvalue weighted by atomic mass is 9.82. The molecule has 3 aromatic carbocycles. The molecule has 26 heavy (non-hydrogen) atoms. The maximum Gasteiger partial charge on any atom is 0.0739 e. The van der Waals surface area contributed by atoms with Crippen molar-refractivity contribution >= 4 is 44.9 Å². The molecule has 4 rings (SSSR count). The van der Waals surface area contributed by atoms with Crippen LogP contribution in [-0.2, 0) is 5.41 Å². The lowest BCUT2D eigenvalue weighted by Gasteiger charge is -2.23. The van der Waals surface area contributed by atoms with Crippen molar-refractivity contribution < 1.29 is 0 Å². The molecule has 0 bridgehead atoms. The summed E-state index contributed by atoms with van der Waals surface area (Å²) in [6, 6.07) is 20.5. The molecular weight excluding hydrogens is 361 g/mol. The van der Waals surface area contributed by atoms with Crippen molar-refractivity contribution in [2.24, 2.45) is 0 Å². The summed E-state index contributed by atoms with van der Waals surface area (Å²) in [6.07, 6.45) is 0. The van der Waals surface area contributed by atoms with Gasteiger partial charge in [0.15, 0.2) is 0 Å². The van der Waals surface area contributed by atoms with E-state index in [1.807, 2.05) is 24.3 Å². The highest BCUT2D eigenvalue weighted by atomic mass is 35.5. The summed E-state index contributed by atoms with van der Waals surface area (Å²) in [7, 11) is 0. The predicted molar refractivity (Wildman–Crippen MR) is 113 cm³/mol. The highest BCUT2D eigenvalue weighted by molar-refractivity contribution is 6.42. The van der Waals surface area contributed by atoms with Crippen LogP contribution in [0.5, 0.6) is 0 Å². The van der Waals surface area contributed by atoms with E-state index in [2.05, 4.69) is 57.2 Å². The number of aromatic nitrogens is 1. The molecule has 0 unspecified atom stereocenters. The summed E-state index contributed by atoms with van der Waals surface area (Å²) < 4.78 is 0. The average molecular weight is 380 g/mol. The van der Waals surface area contributed by atoms with Gasteiger partial charge in [0, 0.05) is 10.9 Å². The third-order valence-corrected chi connectivity index (χ3v) is 5.31. The van der Waals surface area contributed by atoms with Gasteiger partial charge in [-0.3, -0.25) is 0 Å². The van der Waals surface area contributed by atoms with E-state index < -0.39 is 0 Å². The molecule has 1 nitrogen and oxygen atoms in total. The van der Waals surface area contributed by atoms with E-state index in [0.717, 1.165) is 22.2 Å². The van der Waals surface area contributed by atoms with Crippen LogP contribution in [0.4, 0.5) is 0 Å². The van der Waals surface area contributed by atoms with Gasteiger partial charge in [-0.25, -0.2) is 4.98 Å². The molecule has 3 heteroatoms. The Morgan fingerprint density at radius 1 is 0.808 bits per heavy atom. The van der Waals surface area contributed by atoms with E-state index in [1.165, 1.54) is 16.3 Å². The SMILES string of the molecule is CC(C)(C)c1cc(-c2cc(Cl)c3c(Cl)cccc3n2)cc2ccccc12. The minimum atomic E-state index is 0.0273. The number of hydrogen-bond acceptors (Lipinski definition) is 1. The fraction of sp³-hybridized carbons (Fsp3) is 0.174. The second kappa shape index (κ2) is 6.26. The first-order valence-corrected chi connectivity index (χ1v) is 9.38. The third kappa shape index (κ3) is 2.96. The molecule has 0 aliphatic carbocycles. The lowest BCUT2D eigenvalue weighted by Crippen LogP contribution is -2.12. The van der Waals surface area contributed by atoms with Crippen molar-refractivity contribution in [3.05, 3.63) is 76.3 Å². The van der Waals surface area contributed by atoms with Crippen molar-refractivity contribution in [3.63, 3.8) is 0 Å². The van der Waals surface area contributed by atoms with E-state index in [1.54, 1.807) is 0 Å². The number of rotatable bonds is 1. The molecule has 130 valence electrons. The number of hydrogen-bond donors (Lipinski definition) is 0. The van der Waals surface area contributed by atoms with Gasteiger partial charge in [0.05, 0.1) is 21.3 Å². The summed E-state index contributed by atoms with van der Waals surface area (Å²) in [4.78, 5) is 4.83. The first-order chi connectivity index (χ1) is 12.3. The molecule has 0 aliphatic heterocycles. The van der Waals surface area contributed by atoms with Crippen LogP contribution >= 0.6 is 23.2 Å². The first kappa shape index (κ1) is 17.3. The highest BCUT2D eigenvalue weighted by Crippen LogP contribution is 2.37. The minimum Gasteiger partial charge on any atom is -0.248 e. The van der Waals surface area contributed by atoms with Gasteiger partial charge in [-0.15, -0.1) is 0 Å². The van der Waals surface area contributed by atoms with Crippen LogP contribution in [0.1, 0.15) is 26.3 Å². The molecule has 0 fully saturated rings. The molecule has 1 heterocycles. The van der Waals surface area contributed by atoms with Gasteiger partial charge in [0.1, 0.15) is 0 Å². The molecule has 0 saturated carbocycles. The topological polar surface area (TPSA) is 12.9 Å². The zero-order valence-corrected chi connectivity index (χ0v) is 16.5. The van der Waals surface area contributed by atoms with E-state index >= 15 is 0 Å². The van der Waals surface area contributed by atoms with Crippen LogP contribution in [0, 0.1) is 0 Å². The predicted octanol–water partition coefficient (Wildman–Crippen LogP) is 7.66. The molecule has 0 N–H and O–H groups in total. The molecular formula is C23H19Cl2N. The first-order valence-electron chi connectivity index (χ1n) is 8.63. The van der Waals surface area contributed by atoms with Crippen molar-refractivity contribution in [1.82, 2.24) is 4.98 Å². The van der Waals surface area contributed by atoms with Crippen molar-refractivity contribution in [3.8, 4) is 11.3 Å². The molecule has 0 amide bonds. The highest BCUT2D eigenvalue weighted by Gasteiger charge is 2.19. The average Bonchev–Trinajstić information content (AvgIpc) is 2.59. The lowest BCUT2D eigenvalue weighted by molar-refractivity contribution is 0.596. The summed E-state index contributed by atoms with van der Waals surface area (Å²) >= 11 is 12.8. The summed E-state index contributed by atoms with van der Waals surface area (Å²) in [5.41, 5.74) is 4.07. The Hall–Kier alpha value is -2.09. The third-order valence-electron chi connectivity index (χ3n) is 4.70.